The fourth-order valence-electron chi connectivity index (χ4n) is 3.39. The van der Waals surface area contributed by atoms with Crippen molar-refractivity contribution in [2.45, 2.75) is 31.0 Å². The van der Waals surface area contributed by atoms with Gasteiger partial charge < -0.3 is 15.0 Å². The van der Waals surface area contributed by atoms with Crippen molar-refractivity contribution in [3.05, 3.63) is 68.6 Å². The maximum Gasteiger partial charge on any atom is 0.257 e. The Morgan fingerprint density at radius 3 is 2.86 bits per heavy atom. The van der Waals surface area contributed by atoms with Gasteiger partial charge in [0.2, 0.25) is 5.43 Å². The van der Waals surface area contributed by atoms with Gasteiger partial charge in [-0.15, -0.1) is 11.8 Å². The van der Waals surface area contributed by atoms with Crippen LogP contribution in [0.3, 0.4) is 0 Å². The zero-order valence-corrected chi connectivity index (χ0v) is 17.2. The molecule has 1 aliphatic heterocycles. The van der Waals surface area contributed by atoms with Crippen LogP contribution in [0, 0.1) is 0 Å². The molecule has 3 heterocycles. The van der Waals surface area contributed by atoms with E-state index in [9.17, 15) is 9.59 Å². The second-order valence-corrected chi connectivity index (χ2v) is 8.39. The quantitative estimate of drug-likeness (QED) is 0.629. The highest BCUT2D eigenvalue weighted by Crippen LogP contribution is 2.30. The standard InChI is InChI=1S/C21H20ClN3O3S/c22-14-5-3-13(4-6-14)11-23-20(28)17-12-25-7-9-29-21-18(25)16(19(17)27)10-15(24-21)2-1-8-26/h3-6,10,12,26H,1-2,7-9,11H2,(H,23,28). The highest BCUT2D eigenvalue weighted by atomic mass is 35.5. The Balaban J connectivity index is 1.69. The van der Waals surface area contributed by atoms with Gasteiger partial charge in [-0.25, -0.2) is 4.98 Å². The van der Waals surface area contributed by atoms with Gasteiger partial charge in [0.25, 0.3) is 5.91 Å². The molecule has 8 heteroatoms. The number of aryl methyl sites for hydroxylation is 2. The Kier molecular flexibility index (Phi) is 5.89. The number of rotatable bonds is 6. The van der Waals surface area contributed by atoms with E-state index in [-0.39, 0.29) is 17.6 Å². The number of amides is 1. The van der Waals surface area contributed by atoms with E-state index in [1.165, 1.54) is 0 Å². The summed E-state index contributed by atoms with van der Waals surface area (Å²) in [5, 5.41) is 13.9. The zero-order chi connectivity index (χ0) is 20.4. The molecule has 0 fully saturated rings. The largest absolute Gasteiger partial charge is 0.396 e. The molecule has 3 aromatic rings. The number of aromatic nitrogens is 2. The summed E-state index contributed by atoms with van der Waals surface area (Å²) in [6.45, 7) is 1.09. The molecule has 0 atom stereocenters. The van der Waals surface area contributed by atoms with E-state index < -0.39 is 5.91 Å². The first kappa shape index (κ1) is 19.9. The molecule has 0 bridgehead atoms. The van der Waals surface area contributed by atoms with Crippen LogP contribution < -0.4 is 10.7 Å². The van der Waals surface area contributed by atoms with Crippen LogP contribution in [0.4, 0.5) is 0 Å². The molecule has 29 heavy (non-hydrogen) atoms. The Bertz CT molecular complexity index is 1130. The summed E-state index contributed by atoms with van der Waals surface area (Å²) >= 11 is 7.51. The van der Waals surface area contributed by atoms with Gasteiger partial charge in [-0.05, 0) is 36.6 Å². The second kappa shape index (κ2) is 8.57. The van der Waals surface area contributed by atoms with Crippen LogP contribution in [-0.4, -0.2) is 32.9 Å². The van der Waals surface area contributed by atoms with Gasteiger partial charge in [-0.2, -0.15) is 0 Å². The number of hydrogen-bond donors (Lipinski definition) is 2. The van der Waals surface area contributed by atoms with Crippen LogP contribution in [-0.2, 0) is 19.5 Å². The van der Waals surface area contributed by atoms with E-state index in [0.717, 1.165) is 27.6 Å². The van der Waals surface area contributed by atoms with E-state index in [2.05, 4.69) is 10.3 Å². The minimum absolute atomic E-state index is 0.0690. The number of nitrogens with zero attached hydrogens (tertiary/aromatic N) is 2. The predicted octanol–water partition coefficient (Wildman–Crippen LogP) is 3.01. The molecule has 2 N–H and O–H groups in total. The summed E-state index contributed by atoms with van der Waals surface area (Å²) in [5.41, 5.74) is 2.29. The first-order chi connectivity index (χ1) is 14.1. The normalized spacial score (nSPS) is 12.9. The van der Waals surface area contributed by atoms with Crippen molar-refractivity contribution >= 4 is 40.2 Å². The van der Waals surface area contributed by atoms with Gasteiger partial charge in [0.15, 0.2) is 0 Å². The molecule has 0 unspecified atom stereocenters. The molecule has 0 radical (unpaired) electrons. The summed E-state index contributed by atoms with van der Waals surface area (Å²) < 4.78 is 1.95. The van der Waals surface area contributed by atoms with Crippen molar-refractivity contribution in [1.29, 1.82) is 0 Å². The Hall–Kier alpha value is -2.35. The molecule has 0 aliphatic carbocycles. The summed E-state index contributed by atoms with van der Waals surface area (Å²) in [6, 6.07) is 8.95. The average molecular weight is 430 g/mol. The molecule has 1 aliphatic rings. The number of carbonyl (C=O) groups excluding carboxylic acids is 1. The fraction of sp³-hybridized carbons (Fsp3) is 0.286. The number of halogens is 1. The first-order valence-electron chi connectivity index (χ1n) is 9.40. The van der Waals surface area contributed by atoms with Crippen molar-refractivity contribution < 1.29 is 9.90 Å². The van der Waals surface area contributed by atoms with Crippen LogP contribution in [0.15, 0.2) is 46.3 Å². The van der Waals surface area contributed by atoms with Gasteiger partial charge in [0.1, 0.15) is 10.6 Å². The third-order valence-corrected chi connectivity index (χ3v) is 6.04. The lowest BCUT2D eigenvalue weighted by molar-refractivity contribution is 0.0949. The number of nitrogens with one attached hydrogen (secondary N) is 1. The molecule has 2 aromatic heterocycles. The third-order valence-electron chi connectivity index (χ3n) is 4.85. The minimum Gasteiger partial charge on any atom is -0.396 e. The predicted molar refractivity (Wildman–Crippen MR) is 115 cm³/mol. The average Bonchev–Trinajstić information content (AvgIpc) is 2.74. The second-order valence-electron chi connectivity index (χ2n) is 6.86. The van der Waals surface area contributed by atoms with E-state index in [4.69, 9.17) is 16.7 Å². The molecular weight excluding hydrogens is 410 g/mol. The maximum atomic E-state index is 13.1. The zero-order valence-electron chi connectivity index (χ0n) is 15.7. The van der Waals surface area contributed by atoms with E-state index in [1.54, 1.807) is 36.2 Å². The SMILES string of the molecule is O=C(NCc1ccc(Cl)cc1)c1cn2c3c(nc(CCCO)cc3c1=O)SCC2. The van der Waals surface area contributed by atoms with Gasteiger partial charge >= 0.3 is 0 Å². The van der Waals surface area contributed by atoms with Crippen molar-refractivity contribution in [2.24, 2.45) is 0 Å². The maximum absolute atomic E-state index is 13.1. The van der Waals surface area contributed by atoms with Crippen molar-refractivity contribution in [3.8, 4) is 0 Å². The number of carbonyl (C=O) groups is 1. The van der Waals surface area contributed by atoms with Crippen LogP contribution in [0.5, 0.6) is 0 Å². The fourth-order valence-corrected chi connectivity index (χ4v) is 4.54. The molecule has 0 saturated carbocycles. The summed E-state index contributed by atoms with van der Waals surface area (Å²) in [7, 11) is 0. The molecule has 6 nitrogen and oxygen atoms in total. The van der Waals surface area contributed by atoms with Crippen molar-refractivity contribution in [2.75, 3.05) is 12.4 Å². The number of hydrogen-bond acceptors (Lipinski definition) is 5. The summed E-state index contributed by atoms with van der Waals surface area (Å²) in [4.78, 5) is 30.5. The molecule has 1 amide bonds. The van der Waals surface area contributed by atoms with Gasteiger partial charge in [0, 0.05) is 42.4 Å². The summed E-state index contributed by atoms with van der Waals surface area (Å²) in [5.74, 6) is 0.428. The van der Waals surface area contributed by atoms with Crippen LogP contribution in [0.2, 0.25) is 5.02 Å². The molecule has 4 rings (SSSR count). The molecule has 150 valence electrons. The highest BCUT2D eigenvalue weighted by Gasteiger charge is 2.21. The van der Waals surface area contributed by atoms with Gasteiger partial charge in [-0.3, -0.25) is 9.59 Å². The van der Waals surface area contributed by atoms with Gasteiger partial charge in [-0.1, -0.05) is 23.7 Å². The molecular formula is C21H20ClN3O3S. The topological polar surface area (TPSA) is 84.2 Å². The Morgan fingerprint density at radius 1 is 1.31 bits per heavy atom. The molecule has 0 saturated heterocycles. The van der Waals surface area contributed by atoms with Crippen molar-refractivity contribution in [1.82, 2.24) is 14.9 Å². The minimum atomic E-state index is -0.399. The van der Waals surface area contributed by atoms with Crippen LogP contribution in [0.25, 0.3) is 10.9 Å². The first-order valence-corrected chi connectivity index (χ1v) is 10.8. The number of pyridine rings is 2. The highest BCUT2D eigenvalue weighted by molar-refractivity contribution is 7.99. The Labute approximate surface area is 176 Å². The molecule has 0 spiro atoms. The lowest BCUT2D eigenvalue weighted by atomic mass is 10.1. The van der Waals surface area contributed by atoms with Crippen LogP contribution in [0.1, 0.15) is 28.0 Å². The van der Waals surface area contributed by atoms with Crippen LogP contribution >= 0.6 is 23.4 Å². The number of aliphatic hydroxyl groups is 1. The smallest absolute Gasteiger partial charge is 0.257 e. The Morgan fingerprint density at radius 2 is 2.10 bits per heavy atom. The van der Waals surface area contributed by atoms with E-state index in [0.29, 0.717) is 36.3 Å². The number of thioether (sulfide) groups is 1. The third kappa shape index (κ3) is 4.17. The monoisotopic (exact) mass is 429 g/mol. The number of benzene rings is 1. The van der Waals surface area contributed by atoms with Gasteiger partial charge in [0.05, 0.1) is 10.9 Å². The lowest BCUT2D eigenvalue weighted by Gasteiger charge is -2.20. The molecule has 1 aromatic carbocycles. The lowest BCUT2D eigenvalue weighted by Crippen LogP contribution is -2.30. The number of aliphatic hydroxyl groups excluding tert-OH is 1. The summed E-state index contributed by atoms with van der Waals surface area (Å²) in [6.07, 6.45) is 2.81. The van der Waals surface area contributed by atoms with Crippen molar-refractivity contribution in [3.63, 3.8) is 0 Å². The van der Waals surface area contributed by atoms with E-state index >= 15 is 0 Å². The van der Waals surface area contributed by atoms with E-state index in [1.807, 2.05) is 16.7 Å².